The lowest BCUT2D eigenvalue weighted by Crippen LogP contribution is -2.63. The van der Waals surface area contributed by atoms with Gasteiger partial charge in [-0.05, 0) is 62.3 Å². The number of carbonyl (C=O) groups is 2. The van der Waals surface area contributed by atoms with E-state index >= 15 is 0 Å². The highest BCUT2D eigenvalue weighted by Gasteiger charge is 2.34. The number of H-pyrrole nitrogens is 1. The van der Waals surface area contributed by atoms with Crippen LogP contribution in [0.15, 0.2) is 36.0 Å². The highest BCUT2D eigenvalue weighted by molar-refractivity contribution is 5.97. The number of aromatic amines is 1. The van der Waals surface area contributed by atoms with Crippen LogP contribution in [0.2, 0.25) is 0 Å². The van der Waals surface area contributed by atoms with Gasteiger partial charge in [-0.1, -0.05) is 31.6 Å². The zero-order valence-corrected chi connectivity index (χ0v) is 16.6. The van der Waals surface area contributed by atoms with E-state index in [4.69, 9.17) is 0 Å². The molecule has 27 heavy (non-hydrogen) atoms. The summed E-state index contributed by atoms with van der Waals surface area (Å²) >= 11 is 0. The van der Waals surface area contributed by atoms with E-state index in [-0.39, 0.29) is 17.7 Å². The topological polar surface area (TPSA) is 74.0 Å². The molecule has 0 aliphatic carbocycles. The highest BCUT2D eigenvalue weighted by Crippen LogP contribution is 2.23. The lowest BCUT2D eigenvalue weighted by molar-refractivity contribution is -0.138. The third kappa shape index (κ3) is 4.41. The first-order valence-electron chi connectivity index (χ1n) is 9.68. The third-order valence-corrected chi connectivity index (χ3v) is 5.16. The lowest BCUT2D eigenvalue weighted by Gasteiger charge is -2.31. The number of rotatable bonds is 6. The molecule has 5 heteroatoms. The lowest BCUT2D eigenvalue weighted by atomic mass is 9.96. The van der Waals surface area contributed by atoms with Crippen molar-refractivity contribution in [2.24, 2.45) is 5.92 Å². The van der Waals surface area contributed by atoms with Gasteiger partial charge in [0, 0.05) is 17.1 Å². The largest absolute Gasteiger partial charge is 0.361 e. The van der Waals surface area contributed by atoms with Crippen LogP contribution in [-0.4, -0.2) is 28.9 Å². The summed E-state index contributed by atoms with van der Waals surface area (Å²) in [6.07, 6.45) is 6.47. The number of benzene rings is 1. The van der Waals surface area contributed by atoms with Crippen molar-refractivity contribution in [3.8, 4) is 0 Å². The Morgan fingerprint density at radius 2 is 1.93 bits per heavy atom. The van der Waals surface area contributed by atoms with Gasteiger partial charge >= 0.3 is 0 Å². The zero-order chi connectivity index (χ0) is 19.6. The van der Waals surface area contributed by atoms with Gasteiger partial charge in [-0.15, -0.1) is 0 Å². The Kier molecular flexibility index (Phi) is 5.68. The molecule has 0 bridgehead atoms. The molecular formula is C22H29N3O2. The van der Waals surface area contributed by atoms with Gasteiger partial charge in [0.15, 0.2) is 0 Å². The van der Waals surface area contributed by atoms with Crippen LogP contribution < -0.4 is 10.6 Å². The van der Waals surface area contributed by atoms with Gasteiger partial charge in [-0.25, -0.2) is 0 Å². The molecule has 5 nitrogen and oxygen atoms in total. The predicted molar refractivity (Wildman–Crippen MR) is 108 cm³/mol. The molecule has 3 rings (SSSR count). The summed E-state index contributed by atoms with van der Waals surface area (Å²) in [7, 11) is 0. The average molecular weight is 367 g/mol. The van der Waals surface area contributed by atoms with Gasteiger partial charge in [0.25, 0.3) is 0 Å². The Labute approximate surface area is 160 Å². The fourth-order valence-corrected chi connectivity index (χ4v) is 3.50. The first-order valence-corrected chi connectivity index (χ1v) is 9.68. The number of nitrogens with one attached hydrogen (secondary N) is 3. The van der Waals surface area contributed by atoms with Crippen molar-refractivity contribution in [3.05, 3.63) is 47.2 Å². The molecule has 1 aliphatic heterocycles. The number of aryl methyl sites for hydroxylation is 1. The minimum absolute atomic E-state index is 0.0856. The van der Waals surface area contributed by atoms with Crippen LogP contribution in [0.3, 0.4) is 0 Å². The third-order valence-electron chi connectivity index (χ3n) is 5.16. The van der Waals surface area contributed by atoms with Crippen molar-refractivity contribution in [2.75, 3.05) is 0 Å². The van der Waals surface area contributed by atoms with Crippen LogP contribution in [0, 0.1) is 5.92 Å². The summed E-state index contributed by atoms with van der Waals surface area (Å²) < 4.78 is 0. The molecule has 0 saturated carbocycles. The molecule has 1 aliphatic rings. The van der Waals surface area contributed by atoms with Gasteiger partial charge in [-0.3, -0.25) is 9.59 Å². The smallest absolute Gasteiger partial charge is 0.243 e. The predicted octanol–water partition coefficient (Wildman–Crippen LogP) is 3.25. The SMILES string of the molecule is CC(C)=CCc1ccc2[nH]cc(CC[C@@H]3NC(=O)[C@@H](C(C)C)NC3=O)c2c1. The first-order chi connectivity index (χ1) is 12.8. The Balaban J connectivity index is 1.70. The van der Waals surface area contributed by atoms with E-state index < -0.39 is 12.1 Å². The normalized spacial score (nSPS) is 19.9. The molecule has 2 amide bonds. The Bertz CT molecular complexity index is 875. The molecule has 144 valence electrons. The second kappa shape index (κ2) is 7.99. The summed E-state index contributed by atoms with van der Waals surface area (Å²) in [5.41, 5.74) is 4.86. The standard InChI is InChI=1S/C22H29N3O2/c1-13(2)5-6-15-7-9-18-17(11-15)16(12-23-18)8-10-19-21(26)25-20(14(3)4)22(27)24-19/h5,7,9,11-12,14,19-20,23H,6,8,10H2,1-4H3,(H,24,27)(H,25,26)/t19-,20+/m0/s1. The van der Waals surface area contributed by atoms with Crippen LogP contribution in [0.1, 0.15) is 45.2 Å². The number of hydrogen-bond acceptors (Lipinski definition) is 2. The molecule has 2 heterocycles. The van der Waals surface area contributed by atoms with E-state index in [1.807, 2.05) is 20.0 Å². The maximum atomic E-state index is 12.3. The molecule has 3 N–H and O–H groups in total. The second-order valence-corrected chi connectivity index (χ2v) is 8.01. The fraction of sp³-hybridized carbons (Fsp3) is 0.455. The van der Waals surface area contributed by atoms with Crippen molar-refractivity contribution in [1.29, 1.82) is 0 Å². The van der Waals surface area contributed by atoms with Crippen LogP contribution in [0.5, 0.6) is 0 Å². The molecule has 1 fully saturated rings. The molecular weight excluding hydrogens is 338 g/mol. The number of hydrogen-bond donors (Lipinski definition) is 3. The van der Waals surface area contributed by atoms with E-state index in [9.17, 15) is 9.59 Å². The van der Waals surface area contributed by atoms with Crippen molar-refractivity contribution in [3.63, 3.8) is 0 Å². The molecule has 0 unspecified atom stereocenters. The monoisotopic (exact) mass is 367 g/mol. The van der Waals surface area contributed by atoms with E-state index in [0.717, 1.165) is 18.4 Å². The Morgan fingerprint density at radius 3 is 2.63 bits per heavy atom. The highest BCUT2D eigenvalue weighted by atomic mass is 16.2. The molecule has 2 aromatic rings. The van der Waals surface area contributed by atoms with Crippen molar-refractivity contribution < 1.29 is 9.59 Å². The number of piperazine rings is 1. The maximum absolute atomic E-state index is 12.3. The Hall–Kier alpha value is -2.56. The van der Waals surface area contributed by atoms with Gasteiger partial charge in [-0.2, -0.15) is 0 Å². The number of carbonyl (C=O) groups excluding carboxylic acids is 2. The number of amides is 2. The summed E-state index contributed by atoms with van der Waals surface area (Å²) in [5.74, 6) is -0.0855. The minimum Gasteiger partial charge on any atom is -0.361 e. The number of aromatic nitrogens is 1. The molecule has 1 saturated heterocycles. The summed E-state index contributed by atoms with van der Waals surface area (Å²) in [6, 6.07) is 5.57. The molecule has 1 aromatic heterocycles. The van der Waals surface area contributed by atoms with E-state index in [2.05, 4.69) is 53.7 Å². The quantitative estimate of drug-likeness (QED) is 0.686. The average Bonchev–Trinajstić information content (AvgIpc) is 3.02. The van der Waals surface area contributed by atoms with Crippen LogP contribution in [-0.2, 0) is 22.4 Å². The maximum Gasteiger partial charge on any atom is 0.243 e. The summed E-state index contributed by atoms with van der Waals surface area (Å²) in [5, 5.41) is 6.93. The molecule has 1 aromatic carbocycles. The van der Waals surface area contributed by atoms with Crippen molar-refractivity contribution >= 4 is 22.7 Å². The van der Waals surface area contributed by atoms with Gasteiger partial charge < -0.3 is 15.6 Å². The van der Waals surface area contributed by atoms with E-state index in [1.54, 1.807) is 0 Å². The minimum atomic E-state index is -0.466. The second-order valence-electron chi connectivity index (χ2n) is 8.01. The molecule has 0 radical (unpaired) electrons. The van der Waals surface area contributed by atoms with Crippen molar-refractivity contribution in [1.82, 2.24) is 15.6 Å². The summed E-state index contributed by atoms with van der Waals surface area (Å²) in [4.78, 5) is 27.8. The van der Waals surface area contributed by atoms with Gasteiger partial charge in [0.1, 0.15) is 12.1 Å². The number of fused-ring (bicyclic) bond motifs is 1. The van der Waals surface area contributed by atoms with E-state index in [0.29, 0.717) is 6.42 Å². The number of allylic oxidation sites excluding steroid dienone is 2. The summed E-state index contributed by atoms with van der Waals surface area (Å²) in [6.45, 7) is 8.08. The van der Waals surface area contributed by atoms with Gasteiger partial charge in [0.2, 0.25) is 11.8 Å². The van der Waals surface area contributed by atoms with Crippen LogP contribution >= 0.6 is 0 Å². The van der Waals surface area contributed by atoms with Crippen molar-refractivity contribution in [2.45, 2.75) is 59.0 Å². The van der Waals surface area contributed by atoms with Gasteiger partial charge in [0.05, 0.1) is 0 Å². The molecule has 2 atom stereocenters. The Morgan fingerprint density at radius 1 is 1.15 bits per heavy atom. The molecule has 0 spiro atoms. The first kappa shape index (κ1) is 19.2. The van der Waals surface area contributed by atoms with E-state index in [1.165, 1.54) is 22.1 Å². The zero-order valence-electron chi connectivity index (χ0n) is 16.6. The fourth-order valence-electron chi connectivity index (χ4n) is 3.50. The van der Waals surface area contributed by atoms with Crippen LogP contribution in [0.25, 0.3) is 10.9 Å². The van der Waals surface area contributed by atoms with Crippen LogP contribution in [0.4, 0.5) is 0 Å².